The Bertz CT molecular complexity index is 838. The maximum absolute atomic E-state index is 13.9. The fraction of sp³-hybridized carbons (Fsp3) is 0.435. The van der Waals surface area contributed by atoms with E-state index in [-0.39, 0.29) is 11.7 Å². The summed E-state index contributed by atoms with van der Waals surface area (Å²) in [6, 6.07) is 12.4. The molecule has 7 heteroatoms. The molecule has 6 nitrogen and oxygen atoms in total. The van der Waals surface area contributed by atoms with Gasteiger partial charge in [-0.3, -0.25) is 9.69 Å². The highest BCUT2D eigenvalue weighted by molar-refractivity contribution is 5.78. The number of nitrogens with zero attached hydrogens (tertiary/aromatic N) is 2. The van der Waals surface area contributed by atoms with Gasteiger partial charge in [-0.1, -0.05) is 18.2 Å². The number of methoxy groups -OCH3 is 2. The molecule has 2 aromatic rings. The Morgan fingerprint density at radius 3 is 2.47 bits per heavy atom. The third kappa shape index (κ3) is 5.86. The first-order chi connectivity index (χ1) is 14.6. The molecular formula is C23H30FN3O3. The van der Waals surface area contributed by atoms with Crippen molar-refractivity contribution in [3.8, 4) is 11.5 Å². The van der Waals surface area contributed by atoms with E-state index in [0.717, 1.165) is 44.7 Å². The normalized spacial score (nSPS) is 14.4. The Hall–Kier alpha value is -2.80. The van der Waals surface area contributed by atoms with Crippen LogP contribution >= 0.6 is 0 Å². The summed E-state index contributed by atoms with van der Waals surface area (Å²) < 4.78 is 24.4. The Balaban J connectivity index is 1.35. The Labute approximate surface area is 177 Å². The van der Waals surface area contributed by atoms with Crippen LogP contribution in [0.1, 0.15) is 12.0 Å². The number of hydrogen-bond donors (Lipinski definition) is 1. The third-order valence-electron chi connectivity index (χ3n) is 5.35. The van der Waals surface area contributed by atoms with Crippen LogP contribution in [-0.2, 0) is 11.2 Å². The lowest BCUT2D eigenvalue weighted by molar-refractivity contribution is -0.120. The summed E-state index contributed by atoms with van der Waals surface area (Å²) in [5.74, 6) is 1.10. The van der Waals surface area contributed by atoms with E-state index in [1.54, 1.807) is 20.3 Å². The molecule has 30 heavy (non-hydrogen) atoms. The van der Waals surface area contributed by atoms with Crippen LogP contribution in [-0.4, -0.2) is 64.3 Å². The second-order valence-corrected chi connectivity index (χ2v) is 7.35. The van der Waals surface area contributed by atoms with Crippen molar-refractivity contribution in [3.05, 3.63) is 53.8 Å². The fourth-order valence-corrected chi connectivity index (χ4v) is 3.69. The largest absolute Gasteiger partial charge is 0.493 e. The lowest BCUT2D eigenvalue weighted by Gasteiger charge is -2.36. The maximum atomic E-state index is 13.9. The molecule has 0 aliphatic carbocycles. The number of para-hydroxylation sites is 1. The van der Waals surface area contributed by atoms with Gasteiger partial charge in [-0.2, -0.15) is 0 Å². The van der Waals surface area contributed by atoms with Crippen LogP contribution < -0.4 is 19.7 Å². The summed E-state index contributed by atoms with van der Waals surface area (Å²) in [5.41, 5.74) is 1.56. The molecular weight excluding hydrogens is 385 g/mol. The van der Waals surface area contributed by atoms with Crippen LogP contribution in [0.5, 0.6) is 11.5 Å². The van der Waals surface area contributed by atoms with Crippen LogP contribution in [0.15, 0.2) is 42.5 Å². The van der Waals surface area contributed by atoms with Gasteiger partial charge in [0.1, 0.15) is 5.82 Å². The van der Waals surface area contributed by atoms with Crippen LogP contribution in [0.25, 0.3) is 0 Å². The van der Waals surface area contributed by atoms with Crippen LogP contribution in [0.3, 0.4) is 0 Å². The second-order valence-electron chi connectivity index (χ2n) is 7.35. The highest BCUT2D eigenvalue weighted by atomic mass is 19.1. The molecule has 1 fully saturated rings. The molecule has 0 bridgehead atoms. The van der Waals surface area contributed by atoms with Crippen LogP contribution in [0.4, 0.5) is 10.1 Å². The molecule has 0 aromatic heterocycles. The number of amides is 1. The molecule has 3 rings (SSSR count). The van der Waals surface area contributed by atoms with E-state index in [1.165, 1.54) is 6.07 Å². The Kier molecular flexibility index (Phi) is 7.90. The first-order valence-electron chi connectivity index (χ1n) is 10.3. The molecule has 0 spiro atoms. The summed E-state index contributed by atoms with van der Waals surface area (Å²) in [5, 5.41) is 2.98. The number of benzene rings is 2. The summed E-state index contributed by atoms with van der Waals surface area (Å²) in [4.78, 5) is 16.7. The van der Waals surface area contributed by atoms with Crippen molar-refractivity contribution in [1.29, 1.82) is 0 Å². The summed E-state index contributed by atoms with van der Waals surface area (Å²) in [7, 11) is 3.17. The minimum atomic E-state index is -0.164. The van der Waals surface area contributed by atoms with Gasteiger partial charge >= 0.3 is 0 Å². The molecule has 0 radical (unpaired) electrons. The summed E-state index contributed by atoms with van der Waals surface area (Å²) in [6.45, 7) is 4.97. The van der Waals surface area contributed by atoms with Crippen molar-refractivity contribution in [2.75, 3.05) is 58.4 Å². The summed E-state index contributed by atoms with van der Waals surface area (Å²) >= 11 is 0. The van der Waals surface area contributed by atoms with Gasteiger partial charge in [-0.05, 0) is 42.8 Å². The number of hydrogen-bond acceptors (Lipinski definition) is 5. The molecule has 1 N–H and O–H groups in total. The number of halogens is 1. The standard InChI is InChI=1S/C23H30FN3O3/c1-29-21-9-8-18(16-22(21)30-2)17-23(28)25-10-5-11-26-12-14-27(15-13-26)20-7-4-3-6-19(20)24/h3-4,6-9,16H,5,10-15,17H2,1-2H3,(H,25,28). The molecule has 2 aromatic carbocycles. The zero-order valence-electron chi connectivity index (χ0n) is 17.7. The molecule has 1 amide bonds. The number of rotatable bonds is 9. The third-order valence-corrected chi connectivity index (χ3v) is 5.35. The van der Waals surface area contributed by atoms with Gasteiger partial charge < -0.3 is 19.7 Å². The molecule has 0 atom stereocenters. The molecule has 1 heterocycles. The van der Waals surface area contributed by atoms with Gasteiger partial charge in [0.05, 0.1) is 26.3 Å². The van der Waals surface area contributed by atoms with E-state index in [1.807, 2.05) is 30.3 Å². The average Bonchev–Trinajstić information content (AvgIpc) is 2.77. The van der Waals surface area contributed by atoms with Crippen molar-refractivity contribution >= 4 is 11.6 Å². The number of piperazine rings is 1. The molecule has 0 saturated carbocycles. The van der Waals surface area contributed by atoms with E-state index in [2.05, 4.69) is 15.1 Å². The van der Waals surface area contributed by atoms with Gasteiger partial charge in [-0.15, -0.1) is 0 Å². The van der Waals surface area contributed by atoms with E-state index in [9.17, 15) is 9.18 Å². The SMILES string of the molecule is COc1ccc(CC(=O)NCCCN2CCN(c3ccccc3F)CC2)cc1OC. The van der Waals surface area contributed by atoms with Crippen LogP contribution in [0, 0.1) is 5.82 Å². The van der Waals surface area contributed by atoms with Gasteiger partial charge in [0.25, 0.3) is 0 Å². The van der Waals surface area contributed by atoms with Crippen molar-refractivity contribution in [1.82, 2.24) is 10.2 Å². The first kappa shape index (κ1) is 21.9. The number of carbonyl (C=O) groups excluding carboxylic acids is 1. The van der Waals surface area contributed by atoms with Crippen molar-refractivity contribution in [2.24, 2.45) is 0 Å². The molecule has 0 unspecified atom stereocenters. The van der Waals surface area contributed by atoms with Gasteiger partial charge in [0.15, 0.2) is 11.5 Å². The van der Waals surface area contributed by atoms with E-state index in [0.29, 0.717) is 30.2 Å². The minimum Gasteiger partial charge on any atom is -0.493 e. The highest BCUT2D eigenvalue weighted by Gasteiger charge is 2.18. The van der Waals surface area contributed by atoms with Crippen molar-refractivity contribution < 1.29 is 18.7 Å². The van der Waals surface area contributed by atoms with Gasteiger partial charge in [0, 0.05) is 32.7 Å². The molecule has 162 valence electrons. The van der Waals surface area contributed by atoms with E-state index in [4.69, 9.17) is 9.47 Å². The number of ether oxygens (including phenoxy) is 2. The zero-order valence-corrected chi connectivity index (χ0v) is 17.7. The fourth-order valence-electron chi connectivity index (χ4n) is 3.69. The molecule has 1 saturated heterocycles. The predicted octanol–water partition coefficient (Wildman–Crippen LogP) is 2.71. The average molecular weight is 416 g/mol. The van der Waals surface area contributed by atoms with Crippen molar-refractivity contribution in [2.45, 2.75) is 12.8 Å². The number of nitrogens with one attached hydrogen (secondary N) is 1. The van der Waals surface area contributed by atoms with Crippen molar-refractivity contribution in [3.63, 3.8) is 0 Å². The second kappa shape index (κ2) is 10.8. The van der Waals surface area contributed by atoms with Gasteiger partial charge in [0.2, 0.25) is 5.91 Å². The smallest absolute Gasteiger partial charge is 0.224 e. The maximum Gasteiger partial charge on any atom is 0.224 e. The van der Waals surface area contributed by atoms with Crippen LogP contribution in [0.2, 0.25) is 0 Å². The number of carbonyl (C=O) groups is 1. The first-order valence-corrected chi connectivity index (χ1v) is 10.3. The van der Waals surface area contributed by atoms with E-state index < -0.39 is 0 Å². The topological polar surface area (TPSA) is 54.0 Å². The monoisotopic (exact) mass is 415 g/mol. The Morgan fingerprint density at radius 1 is 1.03 bits per heavy atom. The molecule has 1 aliphatic rings. The quantitative estimate of drug-likeness (QED) is 0.639. The summed E-state index contributed by atoms with van der Waals surface area (Å²) in [6.07, 6.45) is 1.19. The lowest BCUT2D eigenvalue weighted by Crippen LogP contribution is -2.47. The Morgan fingerprint density at radius 2 is 1.77 bits per heavy atom. The van der Waals surface area contributed by atoms with E-state index >= 15 is 0 Å². The van der Waals surface area contributed by atoms with Gasteiger partial charge in [-0.25, -0.2) is 4.39 Å². The molecule has 1 aliphatic heterocycles. The minimum absolute atomic E-state index is 0.00779. The highest BCUT2D eigenvalue weighted by Crippen LogP contribution is 2.27. The lowest BCUT2D eigenvalue weighted by atomic mass is 10.1. The predicted molar refractivity (Wildman–Crippen MR) is 116 cm³/mol. The zero-order chi connectivity index (χ0) is 21.3. The number of anilines is 1.